The Bertz CT molecular complexity index is 757. The Balaban J connectivity index is 1.93. The first-order chi connectivity index (χ1) is 11.0. The quantitative estimate of drug-likeness (QED) is 0.787. The molecule has 4 heteroatoms. The summed E-state index contributed by atoms with van der Waals surface area (Å²) in [6.07, 6.45) is 0.237. The summed E-state index contributed by atoms with van der Waals surface area (Å²) in [5.41, 5.74) is 2.42. The number of nitrogens with zero attached hydrogens (tertiary/aromatic N) is 1. The summed E-state index contributed by atoms with van der Waals surface area (Å²) in [5, 5.41) is 0.558. The highest BCUT2D eigenvalue weighted by Crippen LogP contribution is 2.37. The number of halogens is 1. The molecule has 0 unspecified atom stereocenters. The first-order valence-corrected chi connectivity index (χ1v) is 8.05. The number of hydrogen-bond donors (Lipinski definition) is 0. The van der Waals surface area contributed by atoms with Crippen LogP contribution in [-0.2, 0) is 9.59 Å². The van der Waals surface area contributed by atoms with Gasteiger partial charge in [0.25, 0.3) is 0 Å². The number of imide groups is 1. The number of carbonyl (C=O) groups excluding carboxylic acids is 2. The minimum atomic E-state index is -0.330. The van der Waals surface area contributed by atoms with Crippen LogP contribution in [0.5, 0.6) is 0 Å². The Morgan fingerprint density at radius 2 is 1.78 bits per heavy atom. The van der Waals surface area contributed by atoms with Crippen LogP contribution in [0.4, 0.5) is 5.69 Å². The van der Waals surface area contributed by atoms with Crippen molar-refractivity contribution in [2.75, 3.05) is 4.90 Å². The molecular weight excluding hydrogens is 310 g/mol. The standard InChI is InChI=1S/C19H18ClNO2/c1-12(14-7-4-3-5-8-14)15-11-18(22)21(19(15)23)17-10-6-9-16(20)13(17)2/h3-10,12,15H,11H2,1-2H3/t12-,15-/m0/s1. The minimum Gasteiger partial charge on any atom is -0.274 e. The maximum absolute atomic E-state index is 12.9. The summed E-state index contributed by atoms with van der Waals surface area (Å²) in [5.74, 6) is -0.634. The van der Waals surface area contributed by atoms with E-state index >= 15 is 0 Å². The third-order valence-corrected chi connectivity index (χ3v) is 5.00. The smallest absolute Gasteiger partial charge is 0.238 e. The lowest BCUT2D eigenvalue weighted by Crippen LogP contribution is -2.32. The van der Waals surface area contributed by atoms with Crippen LogP contribution in [0.15, 0.2) is 48.5 Å². The maximum atomic E-state index is 12.9. The number of anilines is 1. The van der Waals surface area contributed by atoms with Gasteiger partial charge < -0.3 is 0 Å². The Morgan fingerprint density at radius 1 is 1.09 bits per heavy atom. The molecule has 118 valence electrons. The fraction of sp³-hybridized carbons (Fsp3) is 0.263. The molecule has 0 N–H and O–H groups in total. The van der Waals surface area contributed by atoms with Crippen molar-refractivity contribution in [1.82, 2.24) is 0 Å². The van der Waals surface area contributed by atoms with Gasteiger partial charge in [-0.3, -0.25) is 9.59 Å². The molecule has 0 spiro atoms. The predicted molar refractivity (Wildman–Crippen MR) is 91.6 cm³/mol. The molecule has 0 radical (unpaired) electrons. The summed E-state index contributed by atoms with van der Waals surface area (Å²) in [6, 6.07) is 15.1. The second-order valence-corrected chi connectivity index (χ2v) is 6.37. The van der Waals surface area contributed by atoms with E-state index in [1.165, 1.54) is 4.90 Å². The van der Waals surface area contributed by atoms with Crippen LogP contribution in [-0.4, -0.2) is 11.8 Å². The molecule has 0 aromatic heterocycles. The third-order valence-electron chi connectivity index (χ3n) is 4.59. The lowest BCUT2D eigenvalue weighted by Gasteiger charge is -2.20. The topological polar surface area (TPSA) is 37.4 Å². The zero-order chi connectivity index (χ0) is 16.6. The van der Waals surface area contributed by atoms with Gasteiger partial charge >= 0.3 is 0 Å². The van der Waals surface area contributed by atoms with Crippen molar-refractivity contribution >= 4 is 29.1 Å². The van der Waals surface area contributed by atoms with Crippen LogP contribution >= 0.6 is 11.6 Å². The van der Waals surface area contributed by atoms with Crippen molar-refractivity contribution in [1.29, 1.82) is 0 Å². The first-order valence-electron chi connectivity index (χ1n) is 7.67. The number of rotatable bonds is 3. The molecule has 1 saturated heterocycles. The van der Waals surface area contributed by atoms with Gasteiger partial charge in [0.1, 0.15) is 0 Å². The summed E-state index contributed by atoms with van der Waals surface area (Å²) in [7, 11) is 0. The zero-order valence-electron chi connectivity index (χ0n) is 13.1. The van der Waals surface area contributed by atoms with Crippen molar-refractivity contribution in [2.45, 2.75) is 26.2 Å². The van der Waals surface area contributed by atoms with Crippen LogP contribution in [0.3, 0.4) is 0 Å². The molecule has 2 aromatic carbocycles. The van der Waals surface area contributed by atoms with Gasteiger partial charge in [-0.25, -0.2) is 4.90 Å². The molecule has 23 heavy (non-hydrogen) atoms. The van der Waals surface area contributed by atoms with E-state index in [2.05, 4.69) is 0 Å². The molecule has 1 heterocycles. The van der Waals surface area contributed by atoms with Crippen LogP contribution in [0, 0.1) is 12.8 Å². The van der Waals surface area contributed by atoms with Crippen LogP contribution in [0.2, 0.25) is 5.02 Å². The predicted octanol–water partition coefficient (Wildman–Crippen LogP) is 4.33. The summed E-state index contributed by atoms with van der Waals surface area (Å²) in [6.45, 7) is 3.83. The van der Waals surface area contributed by atoms with Gasteiger partial charge in [-0.2, -0.15) is 0 Å². The van der Waals surface area contributed by atoms with Gasteiger partial charge in [-0.1, -0.05) is 54.9 Å². The minimum absolute atomic E-state index is 0.00265. The molecule has 3 nitrogen and oxygen atoms in total. The molecule has 1 aliphatic heterocycles. The van der Waals surface area contributed by atoms with Crippen molar-refractivity contribution in [3.63, 3.8) is 0 Å². The van der Waals surface area contributed by atoms with Gasteiger partial charge in [0.05, 0.1) is 11.6 Å². The van der Waals surface area contributed by atoms with Crippen molar-refractivity contribution in [3.8, 4) is 0 Å². The number of hydrogen-bond acceptors (Lipinski definition) is 2. The Kier molecular flexibility index (Phi) is 4.22. The molecule has 2 aromatic rings. The Hall–Kier alpha value is -2.13. The molecule has 2 atom stereocenters. The fourth-order valence-electron chi connectivity index (χ4n) is 3.13. The van der Waals surface area contributed by atoms with Crippen molar-refractivity contribution in [2.24, 2.45) is 5.92 Å². The molecule has 1 aliphatic rings. The molecule has 0 saturated carbocycles. The van der Waals surface area contributed by atoms with Crippen LogP contribution < -0.4 is 4.90 Å². The van der Waals surface area contributed by atoms with E-state index in [1.807, 2.05) is 44.2 Å². The Labute approximate surface area is 140 Å². The molecule has 3 rings (SSSR count). The lowest BCUT2D eigenvalue weighted by atomic mass is 9.86. The average Bonchev–Trinajstić information content (AvgIpc) is 2.85. The highest BCUT2D eigenvalue weighted by Gasteiger charge is 2.43. The van der Waals surface area contributed by atoms with Gasteiger partial charge in [-0.05, 0) is 36.1 Å². The second-order valence-electron chi connectivity index (χ2n) is 5.96. The van der Waals surface area contributed by atoms with E-state index in [1.54, 1.807) is 18.2 Å². The molecule has 0 aliphatic carbocycles. The second kappa shape index (κ2) is 6.17. The van der Waals surface area contributed by atoms with Crippen LogP contribution in [0.25, 0.3) is 0 Å². The SMILES string of the molecule is Cc1c(Cl)cccc1N1C(=O)C[C@@H]([C@@H](C)c2ccccc2)C1=O. The van der Waals surface area contributed by atoms with Gasteiger partial charge in [0.2, 0.25) is 11.8 Å². The zero-order valence-corrected chi connectivity index (χ0v) is 13.9. The number of carbonyl (C=O) groups is 2. The van der Waals surface area contributed by atoms with Crippen LogP contribution in [0.1, 0.15) is 30.4 Å². The van der Waals surface area contributed by atoms with E-state index in [0.717, 1.165) is 11.1 Å². The van der Waals surface area contributed by atoms with Gasteiger partial charge in [0.15, 0.2) is 0 Å². The van der Waals surface area contributed by atoms with E-state index in [9.17, 15) is 9.59 Å². The average molecular weight is 328 g/mol. The van der Waals surface area contributed by atoms with Crippen molar-refractivity contribution < 1.29 is 9.59 Å². The lowest BCUT2D eigenvalue weighted by molar-refractivity contribution is -0.122. The molecule has 1 fully saturated rings. The molecule has 2 amide bonds. The van der Waals surface area contributed by atoms with Gasteiger partial charge in [-0.15, -0.1) is 0 Å². The van der Waals surface area contributed by atoms with Gasteiger partial charge in [0, 0.05) is 11.4 Å². The Morgan fingerprint density at radius 3 is 2.48 bits per heavy atom. The maximum Gasteiger partial charge on any atom is 0.238 e. The number of benzene rings is 2. The highest BCUT2D eigenvalue weighted by molar-refractivity contribution is 6.32. The van der Waals surface area contributed by atoms with Crippen molar-refractivity contribution in [3.05, 3.63) is 64.7 Å². The van der Waals surface area contributed by atoms with E-state index in [-0.39, 0.29) is 30.1 Å². The van der Waals surface area contributed by atoms with E-state index in [4.69, 9.17) is 11.6 Å². The fourth-order valence-corrected chi connectivity index (χ4v) is 3.30. The monoisotopic (exact) mass is 327 g/mol. The molecule has 0 bridgehead atoms. The van der Waals surface area contributed by atoms with E-state index in [0.29, 0.717) is 10.7 Å². The summed E-state index contributed by atoms with van der Waals surface area (Å²) < 4.78 is 0. The first kappa shape index (κ1) is 15.8. The third kappa shape index (κ3) is 2.77. The van der Waals surface area contributed by atoms with E-state index < -0.39 is 0 Å². The molecular formula is C19H18ClNO2. The largest absolute Gasteiger partial charge is 0.274 e. The summed E-state index contributed by atoms with van der Waals surface area (Å²) in [4.78, 5) is 26.6. The normalized spacial score (nSPS) is 19.3. The number of amides is 2. The highest BCUT2D eigenvalue weighted by atomic mass is 35.5. The summed E-state index contributed by atoms with van der Waals surface area (Å²) >= 11 is 6.13.